The molecule has 0 saturated heterocycles. The number of rotatable bonds is 1. The van der Waals surface area contributed by atoms with Gasteiger partial charge in [-0.2, -0.15) is 0 Å². The summed E-state index contributed by atoms with van der Waals surface area (Å²) >= 11 is 0. The van der Waals surface area contributed by atoms with Gasteiger partial charge < -0.3 is 9.84 Å². The fraction of sp³-hybridized carbons (Fsp3) is 0.636. The van der Waals surface area contributed by atoms with Gasteiger partial charge in [0.2, 0.25) is 0 Å². The third-order valence-electron chi connectivity index (χ3n) is 2.07. The van der Waals surface area contributed by atoms with Gasteiger partial charge in [0.1, 0.15) is 5.60 Å². The predicted molar refractivity (Wildman–Crippen MR) is 58.0 cm³/mol. The Balaban J connectivity index is 2.62. The van der Waals surface area contributed by atoms with Crippen LogP contribution in [0.15, 0.2) is 11.6 Å². The average molecular weight is 227 g/mol. The van der Waals surface area contributed by atoms with Gasteiger partial charge in [-0.3, -0.25) is 9.69 Å². The topological polar surface area (TPSA) is 66.8 Å². The minimum absolute atomic E-state index is 0.0265. The lowest BCUT2D eigenvalue weighted by molar-refractivity contribution is -0.117. The lowest BCUT2D eigenvalue weighted by Crippen LogP contribution is -2.43. The molecule has 0 atom stereocenters. The van der Waals surface area contributed by atoms with Crippen molar-refractivity contribution in [1.82, 2.24) is 4.90 Å². The Hall–Kier alpha value is -1.36. The zero-order valence-corrected chi connectivity index (χ0v) is 9.82. The van der Waals surface area contributed by atoms with Crippen molar-refractivity contribution in [3.8, 4) is 0 Å². The normalized spacial score (nSPS) is 17.1. The van der Waals surface area contributed by atoms with Gasteiger partial charge >= 0.3 is 6.09 Å². The molecule has 0 radical (unpaired) electrons. The number of hydrogen-bond acceptors (Lipinski definition) is 4. The van der Waals surface area contributed by atoms with Crippen LogP contribution in [0.1, 0.15) is 20.8 Å². The highest BCUT2D eigenvalue weighted by Crippen LogP contribution is 2.13. The van der Waals surface area contributed by atoms with Gasteiger partial charge in [-0.05, 0) is 20.8 Å². The molecule has 5 nitrogen and oxygen atoms in total. The highest BCUT2D eigenvalue weighted by molar-refractivity contribution is 5.99. The van der Waals surface area contributed by atoms with Crippen LogP contribution < -0.4 is 0 Å². The minimum atomic E-state index is -0.568. The maximum atomic E-state index is 11.6. The maximum Gasteiger partial charge on any atom is 0.410 e. The third kappa shape index (κ3) is 3.34. The van der Waals surface area contributed by atoms with Gasteiger partial charge in [0, 0.05) is 12.1 Å². The number of Topliss-reactive ketones (excluding diaryl/α,β-unsaturated/α-hetero) is 1. The fourth-order valence-electron chi connectivity index (χ4n) is 1.29. The van der Waals surface area contributed by atoms with Crippen molar-refractivity contribution in [2.45, 2.75) is 26.4 Å². The molecule has 0 aromatic rings. The molecule has 0 fully saturated rings. The quantitative estimate of drug-likeness (QED) is 0.717. The molecule has 1 aliphatic heterocycles. The number of ether oxygens (including phenoxy) is 1. The molecule has 5 heteroatoms. The van der Waals surface area contributed by atoms with Crippen LogP contribution in [0.3, 0.4) is 0 Å². The first kappa shape index (κ1) is 12.7. The number of ketones is 1. The van der Waals surface area contributed by atoms with Crippen LogP contribution in [0.5, 0.6) is 0 Å². The van der Waals surface area contributed by atoms with Crippen LogP contribution in [0, 0.1) is 0 Å². The fourth-order valence-corrected chi connectivity index (χ4v) is 1.29. The van der Waals surface area contributed by atoms with Crippen molar-refractivity contribution >= 4 is 11.9 Å². The second-order valence-electron chi connectivity index (χ2n) is 4.67. The summed E-state index contributed by atoms with van der Waals surface area (Å²) in [4.78, 5) is 24.4. The first-order valence-corrected chi connectivity index (χ1v) is 5.14. The number of aliphatic hydroxyl groups excluding tert-OH is 1. The van der Waals surface area contributed by atoms with Gasteiger partial charge in [0.15, 0.2) is 5.78 Å². The van der Waals surface area contributed by atoms with Crippen LogP contribution in [-0.4, -0.2) is 47.2 Å². The van der Waals surface area contributed by atoms with Gasteiger partial charge in [-0.25, -0.2) is 4.79 Å². The van der Waals surface area contributed by atoms with E-state index in [2.05, 4.69) is 0 Å². The number of aliphatic hydroxyl groups is 1. The zero-order chi connectivity index (χ0) is 12.3. The molecule has 0 aromatic carbocycles. The smallest absolute Gasteiger partial charge is 0.410 e. The van der Waals surface area contributed by atoms with E-state index in [9.17, 15) is 9.59 Å². The second-order valence-corrected chi connectivity index (χ2v) is 4.67. The van der Waals surface area contributed by atoms with Crippen LogP contribution in [0.25, 0.3) is 0 Å². The van der Waals surface area contributed by atoms with Gasteiger partial charge in [0.05, 0.1) is 13.2 Å². The van der Waals surface area contributed by atoms with E-state index in [0.29, 0.717) is 12.1 Å². The monoisotopic (exact) mass is 227 g/mol. The van der Waals surface area contributed by atoms with E-state index >= 15 is 0 Å². The Bertz CT molecular complexity index is 327. The predicted octanol–water partition coefficient (Wildman–Crippen LogP) is 0.725. The molecule has 1 heterocycles. The molecule has 0 saturated carbocycles. The molecule has 1 rings (SSSR count). The summed E-state index contributed by atoms with van der Waals surface area (Å²) in [7, 11) is 0. The lowest BCUT2D eigenvalue weighted by atomic mass is 10.1. The van der Waals surface area contributed by atoms with Crippen molar-refractivity contribution < 1.29 is 19.4 Å². The van der Waals surface area contributed by atoms with Crippen molar-refractivity contribution in [3.63, 3.8) is 0 Å². The Labute approximate surface area is 94.7 Å². The number of hydrogen-bond donors (Lipinski definition) is 1. The second kappa shape index (κ2) is 4.65. The molecule has 0 aliphatic carbocycles. The van der Waals surface area contributed by atoms with Gasteiger partial charge in [-0.15, -0.1) is 0 Å². The Morgan fingerprint density at radius 3 is 2.62 bits per heavy atom. The van der Waals surface area contributed by atoms with E-state index in [0.717, 1.165) is 0 Å². The highest BCUT2D eigenvalue weighted by Gasteiger charge is 2.26. The van der Waals surface area contributed by atoms with E-state index < -0.39 is 11.7 Å². The van der Waals surface area contributed by atoms with E-state index in [4.69, 9.17) is 9.84 Å². The summed E-state index contributed by atoms with van der Waals surface area (Å²) < 4.78 is 5.14. The standard InChI is InChI=1S/C11H17NO4/c1-11(2,3)16-10(15)12-5-4-8(7-13)9(14)6-12/h4,13H,5-7H2,1-3H3. The zero-order valence-electron chi connectivity index (χ0n) is 9.82. The Morgan fingerprint density at radius 1 is 1.56 bits per heavy atom. The van der Waals surface area contributed by atoms with Crippen LogP contribution in [0.2, 0.25) is 0 Å². The number of nitrogens with zero attached hydrogens (tertiary/aromatic N) is 1. The van der Waals surface area contributed by atoms with Crippen molar-refractivity contribution in [3.05, 3.63) is 11.6 Å². The molecule has 0 spiro atoms. The van der Waals surface area contributed by atoms with Crippen molar-refractivity contribution in [2.24, 2.45) is 0 Å². The first-order chi connectivity index (χ1) is 7.33. The van der Waals surface area contributed by atoms with Crippen LogP contribution in [0.4, 0.5) is 4.79 Å². The van der Waals surface area contributed by atoms with Gasteiger partial charge in [-0.1, -0.05) is 6.08 Å². The molecule has 90 valence electrons. The maximum absolute atomic E-state index is 11.6. The largest absolute Gasteiger partial charge is 0.444 e. The molecular formula is C11H17NO4. The molecule has 1 amide bonds. The summed E-state index contributed by atoms with van der Waals surface area (Å²) in [6.07, 6.45) is 1.05. The number of amides is 1. The van der Waals surface area contributed by atoms with Crippen LogP contribution >= 0.6 is 0 Å². The molecular weight excluding hydrogens is 210 g/mol. The Morgan fingerprint density at radius 2 is 2.19 bits per heavy atom. The first-order valence-electron chi connectivity index (χ1n) is 5.14. The molecule has 16 heavy (non-hydrogen) atoms. The summed E-state index contributed by atoms with van der Waals surface area (Å²) in [5, 5.41) is 8.85. The van der Waals surface area contributed by atoms with E-state index in [1.54, 1.807) is 26.8 Å². The average Bonchev–Trinajstić information content (AvgIpc) is 2.15. The van der Waals surface area contributed by atoms with E-state index in [-0.39, 0.29) is 18.9 Å². The molecule has 0 unspecified atom stereocenters. The number of carbonyl (C=O) groups is 2. The Kier molecular flexibility index (Phi) is 3.70. The summed E-state index contributed by atoms with van der Waals surface area (Å²) in [6.45, 7) is 5.31. The van der Waals surface area contributed by atoms with Crippen LogP contribution in [-0.2, 0) is 9.53 Å². The van der Waals surface area contributed by atoms with Gasteiger partial charge in [0.25, 0.3) is 0 Å². The lowest BCUT2D eigenvalue weighted by Gasteiger charge is -2.28. The molecule has 1 aliphatic rings. The highest BCUT2D eigenvalue weighted by atomic mass is 16.6. The SMILES string of the molecule is CC(C)(C)OC(=O)N1CC=C(CO)C(=O)C1. The molecule has 0 bridgehead atoms. The van der Waals surface area contributed by atoms with E-state index in [1.807, 2.05) is 0 Å². The third-order valence-corrected chi connectivity index (χ3v) is 2.07. The molecule has 1 N–H and O–H groups in total. The van der Waals surface area contributed by atoms with Crippen molar-refractivity contribution in [1.29, 1.82) is 0 Å². The minimum Gasteiger partial charge on any atom is -0.444 e. The summed E-state index contributed by atoms with van der Waals surface area (Å²) in [6, 6.07) is 0. The molecule has 0 aromatic heterocycles. The summed E-state index contributed by atoms with van der Waals surface area (Å²) in [5.41, 5.74) is -0.207. The summed E-state index contributed by atoms with van der Waals surface area (Å²) in [5.74, 6) is -0.236. The van der Waals surface area contributed by atoms with Crippen molar-refractivity contribution in [2.75, 3.05) is 19.7 Å². The van der Waals surface area contributed by atoms with E-state index in [1.165, 1.54) is 4.90 Å². The number of carbonyl (C=O) groups excluding carboxylic acids is 2.